The van der Waals surface area contributed by atoms with E-state index >= 15 is 0 Å². The van der Waals surface area contributed by atoms with Gasteiger partial charge in [-0.3, -0.25) is 0 Å². The minimum absolute atomic E-state index is 0.142. The fraction of sp³-hybridized carbons (Fsp3) is 0.533. The quantitative estimate of drug-likeness (QED) is 0.895. The Morgan fingerprint density at radius 3 is 2.52 bits per heavy atom. The van der Waals surface area contributed by atoms with E-state index in [0.29, 0.717) is 5.56 Å². The van der Waals surface area contributed by atoms with E-state index in [1.54, 1.807) is 26.8 Å². The van der Waals surface area contributed by atoms with Gasteiger partial charge in [-0.05, 0) is 39.0 Å². The molecule has 0 fully saturated rings. The number of carbonyl (C=O) groups is 1. The monoisotopic (exact) mass is 297 g/mol. The second-order valence-electron chi connectivity index (χ2n) is 6.03. The number of ether oxygens (including phenoxy) is 1. The van der Waals surface area contributed by atoms with Gasteiger partial charge in [0, 0.05) is 31.9 Å². The van der Waals surface area contributed by atoms with Gasteiger partial charge in [0.15, 0.2) is 0 Å². The minimum Gasteiger partial charge on any atom is -0.444 e. The maximum atomic E-state index is 13.5. The molecule has 0 aliphatic carbocycles. The number of hydrogen-bond acceptors (Lipinski definition) is 4. The molecule has 1 unspecified atom stereocenters. The van der Waals surface area contributed by atoms with Crippen LogP contribution in [0.4, 0.5) is 14.9 Å². The van der Waals surface area contributed by atoms with Crippen molar-refractivity contribution >= 4 is 11.8 Å². The summed E-state index contributed by atoms with van der Waals surface area (Å²) >= 11 is 0. The van der Waals surface area contributed by atoms with Crippen LogP contribution in [0.15, 0.2) is 18.2 Å². The summed E-state index contributed by atoms with van der Waals surface area (Å²) < 4.78 is 18.7. The topological polar surface area (TPSA) is 67.6 Å². The number of nitrogens with zero attached hydrogens (tertiary/aromatic N) is 1. The molecule has 0 heterocycles. The number of carbonyl (C=O) groups excluding carboxylic acids is 1. The van der Waals surface area contributed by atoms with Crippen molar-refractivity contribution in [3.8, 4) is 0 Å². The molecule has 0 bridgehead atoms. The molecule has 0 aromatic heterocycles. The molecule has 1 rings (SSSR count). The molecule has 0 aliphatic rings. The smallest absolute Gasteiger partial charge is 0.408 e. The fourth-order valence-electron chi connectivity index (χ4n) is 1.93. The first-order valence-corrected chi connectivity index (χ1v) is 6.80. The Labute approximate surface area is 125 Å². The highest BCUT2D eigenvalue weighted by molar-refractivity contribution is 5.69. The van der Waals surface area contributed by atoms with Crippen molar-refractivity contribution in [2.45, 2.75) is 32.4 Å². The number of anilines is 1. The molecule has 118 valence electrons. The van der Waals surface area contributed by atoms with Gasteiger partial charge >= 0.3 is 6.09 Å². The predicted molar refractivity (Wildman–Crippen MR) is 81.9 cm³/mol. The van der Waals surface area contributed by atoms with Crippen LogP contribution >= 0.6 is 0 Å². The van der Waals surface area contributed by atoms with Gasteiger partial charge in [0.2, 0.25) is 0 Å². The zero-order valence-electron chi connectivity index (χ0n) is 13.2. The largest absolute Gasteiger partial charge is 0.444 e. The van der Waals surface area contributed by atoms with Crippen LogP contribution in [-0.4, -0.2) is 32.3 Å². The summed E-state index contributed by atoms with van der Waals surface area (Å²) in [4.78, 5) is 13.7. The van der Waals surface area contributed by atoms with Crippen molar-refractivity contribution in [3.05, 3.63) is 29.6 Å². The maximum absolute atomic E-state index is 13.5. The summed E-state index contributed by atoms with van der Waals surface area (Å²) in [5.41, 5.74) is 6.54. The lowest BCUT2D eigenvalue weighted by molar-refractivity contribution is 0.0505. The third-order valence-corrected chi connectivity index (χ3v) is 2.77. The Balaban J connectivity index is 3.00. The summed E-state index contributed by atoms with van der Waals surface area (Å²) in [5, 5.41) is 2.68. The predicted octanol–water partition coefficient (Wildman–Crippen LogP) is 2.42. The Bertz CT molecular complexity index is 498. The van der Waals surface area contributed by atoms with E-state index in [-0.39, 0.29) is 12.4 Å². The number of nitrogens with one attached hydrogen (secondary N) is 1. The number of nitrogens with two attached hydrogens (primary N) is 1. The van der Waals surface area contributed by atoms with Crippen LogP contribution in [-0.2, 0) is 4.74 Å². The summed E-state index contributed by atoms with van der Waals surface area (Å²) in [6.45, 7) is 5.47. The van der Waals surface area contributed by atoms with Crippen LogP contribution in [0.1, 0.15) is 32.4 Å². The number of alkyl carbamates (subject to hydrolysis) is 1. The SMILES string of the molecule is CN(C)c1ccc(F)cc1C(CN)NC(=O)OC(C)(C)C. The highest BCUT2D eigenvalue weighted by Gasteiger charge is 2.22. The van der Waals surface area contributed by atoms with Crippen LogP contribution in [0.3, 0.4) is 0 Å². The third-order valence-electron chi connectivity index (χ3n) is 2.77. The van der Waals surface area contributed by atoms with Gasteiger partial charge < -0.3 is 20.7 Å². The standard InChI is InChI=1S/C15H24FN3O2/c1-15(2,3)21-14(20)18-12(9-17)11-8-10(16)6-7-13(11)19(4)5/h6-8,12H,9,17H2,1-5H3,(H,18,20). The molecule has 5 nitrogen and oxygen atoms in total. The van der Waals surface area contributed by atoms with Gasteiger partial charge in [0.25, 0.3) is 0 Å². The molecule has 1 amide bonds. The maximum Gasteiger partial charge on any atom is 0.408 e. The first kappa shape index (κ1) is 17.2. The molecule has 1 aromatic rings. The first-order valence-electron chi connectivity index (χ1n) is 6.80. The van der Waals surface area contributed by atoms with Crippen LogP contribution in [0, 0.1) is 5.82 Å². The molecule has 0 saturated heterocycles. The summed E-state index contributed by atoms with van der Waals surface area (Å²) in [7, 11) is 3.69. The normalized spacial score (nSPS) is 12.7. The van der Waals surface area contributed by atoms with Crippen molar-refractivity contribution < 1.29 is 13.9 Å². The van der Waals surface area contributed by atoms with Gasteiger partial charge in [-0.15, -0.1) is 0 Å². The molecule has 21 heavy (non-hydrogen) atoms. The Kier molecular flexibility index (Phi) is 5.54. The summed E-state index contributed by atoms with van der Waals surface area (Å²) in [6, 6.07) is 3.89. The highest BCUT2D eigenvalue weighted by Crippen LogP contribution is 2.26. The lowest BCUT2D eigenvalue weighted by atomic mass is 10.0. The number of rotatable bonds is 4. The Hall–Kier alpha value is -1.82. The van der Waals surface area contributed by atoms with Crippen LogP contribution in [0.5, 0.6) is 0 Å². The average molecular weight is 297 g/mol. The van der Waals surface area contributed by atoms with E-state index in [4.69, 9.17) is 10.5 Å². The van der Waals surface area contributed by atoms with Gasteiger partial charge in [0.1, 0.15) is 11.4 Å². The van der Waals surface area contributed by atoms with Crippen LogP contribution < -0.4 is 16.0 Å². The van der Waals surface area contributed by atoms with Gasteiger partial charge in [-0.25, -0.2) is 9.18 Å². The second-order valence-corrected chi connectivity index (χ2v) is 6.03. The van der Waals surface area contributed by atoms with E-state index in [1.807, 2.05) is 19.0 Å². The molecule has 0 spiro atoms. The van der Waals surface area contributed by atoms with E-state index in [1.165, 1.54) is 12.1 Å². The van der Waals surface area contributed by atoms with Crippen molar-refractivity contribution in [2.75, 3.05) is 25.5 Å². The highest BCUT2D eigenvalue weighted by atomic mass is 19.1. The van der Waals surface area contributed by atoms with Crippen molar-refractivity contribution in [3.63, 3.8) is 0 Å². The molecular weight excluding hydrogens is 273 g/mol. The van der Waals surface area contributed by atoms with Gasteiger partial charge in [-0.2, -0.15) is 0 Å². The third kappa shape index (κ3) is 5.23. The number of amides is 1. The minimum atomic E-state index is -0.602. The zero-order chi connectivity index (χ0) is 16.2. The van der Waals surface area contributed by atoms with Crippen LogP contribution in [0.25, 0.3) is 0 Å². The number of hydrogen-bond donors (Lipinski definition) is 2. The molecular formula is C15H24FN3O2. The lowest BCUT2D eigenvalue weighted by Crippen LogP contribution is -2.38. The van der Waals surface area contributed by atoms with E-state index in [0.717, 1.165) is 5.69 Å². The molecule has 0 aliphatic heterocycles. The zero-order valence-corrected chi connectivity index (χ0v) is 13.2. The van der Waals surface area contributed by atoms with Crippen LogP contribution in [0.2, 0.25) is 0 Å². The average Bonchev–Trinajstić information content (AvgIpc) is 2.33. The lowest BCUT2D eigenvalue weighted by Gasteiger charge is -2.26. The number of halogens is 1. The molecule has 0 radical (unpaired) electrons. The van der Waals surface area contributed by atoms with Crippen molar-refractivity contribution in [1.82, 2.24) is 5.32 Å². The number of benzene rings is 1. The van der Waals surface area contributed by atoms with E-state index < -0.39 is 17.7 Å². The Morgan fingerprint density at radius 1 is 1.43 bits per heavy atom. The molecule has 1 aromatic carbocycles. The molecule has 6 heteroatoms. The fourth-order valence-corrected chi connectivity index (χ4v) is 1.93. The van der Waals surface area contributed by atoms with E-state index in [9.17, 15) is 9.18 Å². The molecule has 1 atom stereocenters. The van der Waals surface area contributed by atoms with E-state index in [2.05, 4.69) is 5.32 Å². The molecule has 3 N–H and O–H groups in total. The first-order chi connectivity index (χ1) is 9.64. The van der Waals surface area contributed by atoms with Crippen molar-refractivity contribution in [1.29, 1.82) is 0 Å². The second kappa shape index (κ2) is 6.76. The van der Waals surface area contributed by atoms with Gasteiger partial charge in [0.05, 0.1) is 6.04 Å². The molecule has 0 saturated carbocycles. The Morgan fingerprint density at radius 2 is 2.05 bits per heavy atom. The summed E-state index contributed by atoms with van der Waals surface area (Å²) in [6.07, 6.45) is -0.577. The van der Waals surface area contributed by atoms with Gasteiger partial charge in [-0.1, -0.05) is 0 Å². The summed E-state index contributed by atoms with van der Waals surface area (Å²) in [5.74, 6) is -0.375. The van der Waals surface area contributed by atoms with Crippen molar-refractivity contribution in [2.24, 2.45) is 5.73 Å².